The Kier molecular flexibility index (Phi) is 12.5. The molecule has 1 nitrogen and oxygen atoms in total. The van der Waals surface area contributed by atoms with E-state index in [2.05, 4.69) is 17.6 Å². The summed E-state index contributed by atoms with van der Waals surface area (Å²) < 4.78 is 0. The summed E-state index contributed by atoms with van der Waals surface area (Å²) >= 11 is 0. The highest BCUT2D eigenvalue weighted by Gasteiger charge is 1.98. The molecule has 1 heteroatoms. The van der Waals surface area contributed by atoms with Crippen LogP contribution >= 0.6 is 0 Å². The number of hydrogen-bond donors (Lipinski definition) is 0. The van der Waals surface area contributed by atoms with Crippen molar-refractivity contribution in [3.8, 4) is 0 Å². The molecule has 0 N–H and O–H groups in total. The van der Waals surface area contributed by atoms with Crippen LogP contribution in [-0.4, -0.2) is 4.98 Å². The number of rotatable bonds is 2. The number of aromatic nitrogens is 1. The van der Waals surface area contributed by atoms with E-state index in [1.165, 1.54) is 0 Å². The maximum atomic E-state index is 4.21. The van der Waals surface area contributed by atoms with E-state index in [0.29, 0.717) is 0 Å². The Balaban J connectivity index is 0. The van der Waals surface area contributed by atoms with E-state index in [1.54, 1.807) is 6.20 Å². The van der Waals surface area contributed by atoms with Gasteiger partial charge in [-0.3, -0.25) is 4.98 Å². The predicted octanol–water partition coefficient (Wildman–Crippen LogP) is 5.12. The largest absolute Gasteiger partial charge is 0.261 e. The summed E-state index contributed by atoms with van der Waals surface area (Å²) in [6.07, 6.45) is 7.72. The van der Waals surface area contributed by atoms with Crippen molar-refractivity contribution in [3.05, 3.63) is 41.7 Å². The van der Waals surface area contributed by atoms with Gasteiger partial charge in [-0.15, -0.1) is 0 Å². The molecule has 0 aliphatic heterocycles. The van der Waals surface area contributed by atoms with Crippen LogP contribution in [0.25, 0.3) is 12.2 Å². The van der Waals surface area contributed by atoms with E-state index in [-0.39, 0.29) is 0 Å². The van der Waals surface area contributed by atoms with Crippen molar-refractivity contribution in [1.29, 1.82) is 0 Å². The van der Waals surface area contributed by atoms with Gasteiger partial charge in [0.25, 0.3) is 0 Å². The van der Waals surface area contributed by atoms with Crippen LogP contribution < -0.4 is 0 Å². The highest BCUT2D eigenvalue weighted by atomic mass is 14.7. The molecule has 0 bridgehead atoms. The highest BCUT2D eigenvalue weighted by molar-refractivity contribution is 5.65. The van der Waals surface area contributed by atoms with Gasteiger partial charge in [-0.1, -0.05) is 52.5 Å². The first-order chi connectivity index (χ1) is 7.79. The van der Waals surface area contributed by atoms with E-state index in [1.807, 2.05) is 59.8 Å². The minimum atomic E-state index is 1.05. The maximum Gasteiger partial charge on any atom is 0.0450 e. The second-order valence-electron chi connectivity index (χ2n) is 2.60. The van der Waals surface area contributed by atoms with E-state index in [4.69, 9.17) is 0 Å². The third-order valence-electron chi connectivity index (χ3n) is 1.78. The molecule has 0 spiro atoms. The minimum Gasteiger partial charge on any atom is -0.261 e. The van der Waals surface area contributed by atoms with Crippen molar-refractivity contribution < 1.29 is 0 Å². The van der Waals surface area contributed by atoms with Crippen molar-refractivity contribution in [2.75, 3.05) is 0 Å². The number of aryl methyl sites for hydroxylation is 1. The Labute approximate surface area is 101 Å². The molecule has 1 aromatic rings. The standard InChI is InChI=1S/C11H13N.2C2H6/c1-4-6-11-9(3)12-8-7-10(11)5-2;2*1-2/h4-8H,2H2,1,3H3;2*1-2H3/b6-4-;;. The summed E-state index contributed by atoms with van der Waals surface area (Å²) in [4.78, 5) is 4.21. The summed E-state index contributed by atoms with van der Waals surface area (Å²) in [6, 6.07) is 1.97. The molecule has 90 valence electrons. The Bertz CT molecular complexity index is 311. The molecule has 16 heavy (non-hydrogen) atoms. The van der Waals surface area contributed by atoms with Gasteiger partial charge in [-0.2, -0.15) is 0 Å². The molecule has 0 amide bonds. The SMILES string of the molecule is C=Cc1ccnc(C)c1/C=C\C.CC.CC. The van der Waals surface area contributed by atoms with Crippen LogP contribution in [0.15, 0.2) is 24.9 Å². The zero-order valence-electron chi connectivity index (χ0n) is 11.5. The van der Waals surface area contributed by atoms with Crippen LogP contribution in [0, 0.1) is 6.92 Å². The molecule has 0 aliphatic carbocycles. The number of nitrogens with zero attached hydrogens (tertiary/aromatic N) is 1. The third-order valence-corrected chi connectivity index (χ3v) is 1.78. The first-order valence-electron chi connectivity index (χ1n) is 6.00. The van der Waals surface area contributed by atoms with Gasteiger partial charge in [0.1, 0.15) is 0 Å². The lowest BCUT2D eigenvalue weighted by Gasteiger charge is -2.02. The second-order valence-corrected chi connectivity index (χ2v) is 2.60. The monoisotopic (exact) mass is 219 g/mol. The first kappa shape index (κ1) is 17.0. The zero-order chi connectivity index (χ0) is 13.0. The lowest BCUT2D eigenvalue weighted by Crippen LogP contribution is -1.88. The van der Waals surface area contributed by atoms with Gasteiger partial charge >= 0.3 is 0 Å². The number of hydrogen-bond acceptors (Lipinski definition) is 1. The molecule has 0 unspecified atom stereocenters. The van der Waals surface area contributed by atoms with Gasteiger partial charge in [0, 0.05) is 17.5 Å². The van der Waals surface area contributed by atoms with Crippen LogP contribution in [0.1, 0.15) is 51.4 Å². The smallest absolute Gasteiger partial charge is 0.0450 e. The van der Waals surface area contributed by atoms with Gasteiger partial charge in [-0.25, -0.2) is 0 Å². The summed E-state index contributed by atoms with van der Waals surface area (Å²) in [5.74, 6) is 0. The Morgan fingerprint density at radius 2 is 1.75 bits per heavy atom. The average molecular weight is 219 g/mol. The Hall–Kier alpha value is -1.37. The van der Waals surface area contributed by atoms with Crippen molar-refractivity contribution in [1.82, 2.24) is 4.98 Å². The van der Waals surface area contributed by atoms with Gasteiger partial charge in [0.15, 0.2) is 0 Å². The molecular formula is C15H25N. The van der Waals surface area contributed by atoms with Crippen LogP contribution in [-0.2, 0) is 0 Å². The summed E-state index contributed by atoms with van der Waals surface area (Å²) in [6.45, 7) is 15.8. The first-order valence-corrected chi connectivity index (χ1v) is 6.00. The Morgan fingerprint density at radius 1 is 1.19 bits per heavy atom. The molecule has 0 aliphatic rings. The molecule has 0 atom stereocenters. The third kappa shape index (κ3) is 5.50. The van der Waals surface area contributed by atoms with E-state index in [9.17, 15) is 0 Å². The molecule has 0 fully saturated rings. The maximum absolute atomic E-state index is 4.21. The van der Waals surface area contributed by atoms with Crippen LogP contribution in [0.4, 0.5) is 0 Å². The second kappa shape index (κ2) is 11.7. The molecule has 0 saturated heterocycles. The summed E-state index contributed by atoms with van der Waals surface area (Å²) in [7, 11) is 0. The van der Waals surface area contributed by atoms with Gasteiger partial charge < -0.3 is 0 Å². The molecular weight excluding hydrogens is 194 g/mol. The van der Waals surface area contributed by atoms with Gasteiger partial charge in [-0.05, 0) is 25.5 Å². The normalized spacial score (nSPS) is 8.62. The quantitative estimate of drug-likeness (QED) is 0.673. The van der Waals surface area contributed by atoms with Crippen molar-refractivity contribution in [3.63, 3.8) is 0 Å². The molecule has 1 aromatic heterocycles. The number of allylic oxidation sites excluding steroid dienone is 1. The van der Waals surface area contributed by atoms with E-state index >= 15 is 0 Å². The summed E-state index contributed by atoms with van der Waals surface area (Å²) in [5.41, 5.74) is 3.35. The van der Waals surface area contributed by atoms with Crippen molar-refractivity contribution in [2.24, 2.45) is 0 Å². The van der Waals surface area contributed by atoms with Crippen LogP contribution in [0.2, 0.25) is 0 Å². The fourth-order valence-corrected chi connectivity index (χ4v) is 1.16. The Morgan fingerprint density at radius 3 is 2.19 bits per heavy atom. The summed E-state index contributed by atoms with van der Waals surface area (Å²) in [5, 5.41) is 0. The van der Waals surface area contributed by atoms with Crippen molar-refractivity contribution >= 4 is 12.2 Å². The molecule has 1 rings (SSSR count). The molecule has 0 radical (unpaired) electrons. The fraction of sp³-hybridized carbons (Fsp3) is 0.400. The minimum absolute atomic E-state index is 1.05. The molecule has 1 heterocycles. The van der Waals surface area contributed by atoms with Crippen molar-refractivity contribution in [2.45, 2.75) is 41.5 Å². The molecule has 0 saturated carbocycles. The fourth-order valence-electron chi connectivity index (χ4n) is 1.16. The van der Waals surface area contributed by atoms with E-state index in [0.717, 1.165) is 16.8 Å². The highest BCUT2D eigenvalue weighted by Crippen LogP contribution is 2.14. The van der Waals surface area contributed by atoms with Crippen LogP contribution in [0.5, 0.6) is 0 Å². The zero-order valence-corrected chi connectivity index (χ0v) is 11.5. The number of pyridine rings is 1. The lowest BCUT2D eigenvalue weighted by atomic mass is 10.1. The van der Waals surface area contributed by atoms with Gasteiger partial charge in [0.05, 0.1) is 0 Å². The van der Waals surface area contributed by atoms with E-state index < -0.39 is 0 Å². The van der Waals surface area contributed by atoms with Gasteiger partial charge in [0.2, 0.25) is 0 Å². The predicted molar refractivity (Wildman–Crippen MR) is 76.5 cm³/mol. The topological polar surface area (TPSA) is 12.9 Å². The average Bonchev–Trinajstić information content (AvgIpc) is 2.37. The lowest BCUT2D eigenvalue weighted by molar-refractivity contribution is 1.18. The molecule has 0 aromatic carbocycles. The van der Waals surface area contributed by atoms with Crippen LogP contribution in [0.3, 0.4) is 0 Å².